The first-order valence-electron chi connectivity index (χ1n) is 5.07. The van der Waals surface area contributed by atoms with Crippen LogP contribution in [0.5, 0.6) is 0 Å². The minimum Gasteiger partial charge on any atom is -0.326 e. The monoisotopic (exact) mass is 241 g/mol. The average molecular weight is 242 g/mol. The molecule has 0 aliphatic heterocycles. The number of hydrogen-bond acceptors (Lipinski definition) is 3. The number of nitrogens with one attached hydrogen (secondary N) is 1. The number of anilines is 1. The first kappa shape index (κ1) is 12.9. The SMILES string of the molecule is CC(C)(N)CCC(=O)Nc1cnccc1Cl. The minimum atomic E-state index is -0.337. The van der Waals surface area contributed by atoms with E-state index in [4.69, 9.17) is 17.3 Å². The van der Waals surface area contributed by atoms with Gasteiger partial charge in [-0.2, -0.15) is 0 Å². The number of halogens is 1. The average Bonchev–Trinajstić information content (AvgIpc) is 2.18. The zero-order valence-corrected chi connectivity index (χ0v) is 10.2. The third kappa shape index (κ3) is 4.59. The summed E-state index contributed by atoms with van der Waals surface area (Å²) >= 11 is 5.88. The van der Waals surface area contributed by atoms with Crippen molar-refractivity contribution >= 4 is 23.2 Å². The topological polar surface area (TPSA) is 68.0 Å². The Kier molecular flexibility index (Phi) is 4.26. The summed E-state index contributed by atoms with van der Waals surface area (Å²) in [6.45, 7) is 3.77. The Morgan fingerprint density at radius 2 is 2.31 bits per heavy atom. The first-order valence-corrected chi connectivity index (χ1v) is 5.44. The van der Waals surface area contributed by atoms with Gasteiger partial charge in [-0.1, -0.05) is 11.6 Å². The molecule has 0 saturated carbocycles. The molecule has 0 bridgehead atoms. The molecule has 0 aromatic carbocycles. The van der Waals surface area contributed by atoms with E-state index in [1.54, 1.807) is 12.3 Å². The normalized spacial score (nSPS) is 11.2. The van der Waals surface area contributed by atoms with Crippen LogP contribution in [-0.2, 0) is 4.79 Å². The van der Waals surface area contributed by atoms with E-state index in [0.29, 0.717) is 23.6 Å². The zero-order valence-electron chi connectivity index (χ0n) is 9.46. The van der Waals surface area contributed by atoms with Crippen molar-refractivity contribution in [2.75, 3.05) is 5.32 Å². The van der Waals surface area contributed by atoms with Crippen LogP contribution in [0.3, 0.4) is 0 Å². The molecule has 1 aromatic heterocycles. The second-order valence-corrected chi connectivity index (χ2v) is 4.80. The smallest absolute Gasteiger partial charge is 0.224 e. The Bertz CT molecular complexity index is 374. The molecule has 5 heteroatoms. The predicted molar refractivity (Wildman–Crippen MR) is 65.4 cm³/mol. The quantitative estimate of drug-likeness (QED) is 0.849. The summed E-state index contributed by atoms with van der Waals surface area (Å²) in [6, 6.07) is 1.63. The lowest BCUT2D eigenvalue weighted by Gasteiger charge is -2.17. The molecule has 0 spiro atoms. The molecular formula is C11H16ClN3O. The van der Waals surface area contributed by atoms with Gasteiger partial charge in [0.25, 0.3) is 0 Å². The van der Waals surface area contributed by atoms with Gasteiger partial charge in [-0.3, -0.25) is 9.78 Å². The first-order chi connectivity index (χ1) is 7.38. The lowest BCUT2D eigenvalue weighted by Crippen LogP contribution is -2.33. The number of hydrogen-bond donors (Lipinski definition) is 2. The zero-order chi connectivity index (χ0) is 12.2. The molecule has 1 heterocycles. The Morgan fingerprint density at radius 1 is 1.62 bits per heavy atom. The van der Waals surface area contributed by atoms with Gasteiger partial charge >= 0.3 is 0 Å². The van der Waals surface area contributed by atoms with Crippen LogP contribution in [0.4, 0.5) is 5.69 Å². The second-order valence-electron chi connectivity index (χ2n) is 4.39. The van der Waals surface area contributed by atoms with Gasteiger partial charge in [-0.15, -0.1) is 0 Å². The van der Waals surface area contributed by atoms with Gasteiger partial charge in [0, 0.05) is 18.2 Å². The van der Waals surface area contributed by atoms with E-state index >= 15 is 0 Å². The van der Waals surface area contributed by atoms with Crippen molar-refractivity contribution in [2.24, 2.45) is 5.73 Å². The van der Waals surface area contributed by atoms with Gasteiger partial charge in [-0.25, -0.2) is 0 Å². The maximum Gasteiger partial charge on any atom is 0.224 e. The maximum absolute atomic E-state index is 11.6. The largest absolute Gasteiger partial charge is 0.326 e. The molecule has 0 radical (unpaired) electrons. The Hall–Kier alpha value is -1.13. The molecule has 1 amide bonds. The van der Waals surface area contributed by atoms with Crippen LogP contribution in [0.2, 0.25) is 5.02 Å². The standard InChI is InChI=1S/C11H16ClN3O/c1-11(2,13)5-3-10(16)15-9-7-14-6-4-8(9)12/h4,6-7H,3,5,13H2,1-2H3,(H,15,16). The summed E-state index contributed by atoms with van der Waals surface area (Å²) in [5, 5.41) is 3.18. The van der Waals surface area contributed by atoms with Crippen LogP contribution >= 0.6 is 11.6 Å². The van der Waals surface area contributed by atoms with Gasteiger partial charge in [0.15, 0.2) is 0 Å². The number of carbonyl (C=O) groups excluding carboxylic acids is 1. The van der Waals surface area contributed by atoms with Gasteiger partial charge < -0.3 is 11.1 Å². The third-order valence-corrected chi connectivity index (χ3v) is 2.37. The number of rotatable bonds is 4. The van der Waals surface area contributed by atoms with Crippen molar-refractivity contribution in [3.05, 3.63) is 23.5 Å². The number of nitrogens with two attached hydrogens (primary N) is 1. The highest BCUT2D eigenvalue weighted by Crippen LogP contribution is 2.19. The van der Waals surface area contributed by atoms with Crippen LogP contribution in [0, 0.1) is 0 Å². The Morgan fingerprint density at radius 3 is 2.88 bits per heavy atom. The summed E-state index contributed by atoms with van der Waals surface area (Å²) in [4.78, 5) is 15.4. The lowest BCUT2D eigenvalue weighted by atomic mass is 10.00. The van der Waals surface area contributed by atoms with Crippen molar-refractivity contribution in [1.29, 1.82) is 0 Å². The van der Waals surface area contributed by atoms with Crippen molar-refractivity contribution in [2.45, 2.75) is 32.2 Å². The molecule has 0 saturated heterocycles. The van der Waals surface area contributed by atoms with Crippen molar-refractivity contribution in [1.82, 2.24) is 4.98 Å². The van der Waals surface area contributed by atoms with Crippen LogP contribution in [0.15, 0.2) is 18.5 Å². The number of pyridine rings is 1. The Balaban J connectivity index is 2.50. The lowest BCUT2D eigenvalue weighted by molar-refractivity contribution is -0.116. The van der Waals surface area contributed by atoms with Gasteiger partial charge in [0.2, 0.25) is 5.91 Å². The fourth-order valence-corrected chi connectivity index (χ4v) is 1.27. The fourth-order valence-electron chi connectivity index (χ4n) is 1.12. The summed E-state index contributed by atoms with van der Waals surface area (Å²) < 4.78 is 0. The predicted octanol–water partition coefficient (Wildman–Crippen LogP) is 2.19. The number of aromatic nitrogens is 1. The molecule has 16 heavy (non-hydrogen) atoms. The van der Waals surface area contributed by atoms with Gasteiger partial charge in [-0.05, 0) is 26.3 Å². The van der Waals surface area contributed by atoms with Crippen LogP contribution in [0.25, 0.3) is 0 Å². The number of carbonyl (C=O) groups is 1. The number of nitrogens with zero attached hydrogens (tertiary/aromatic N) is 1. The second kappa shape index (κ2) is 5.27. The van der Waals surface area contributed by atoms with E-state index in [2.05, 4.69) is 10.3 Å². The van der Waals surface area contributed by atoms with Crippen molar-refractivity contribution in [3.63, 3.8) is 0 Å². The van der Waals surface area contributed by atoms with E-state index in [9.17, 15) is 4.79 Å². The summed E-state index contributed by atoms with van der Waals surface area (Å²) in [5.74, 6) is -0.103. The molecule has 1 rings (SSSR count). The molecule has 0 unspecified atom stereocenters. The van der Waals surface area contributed by atoms with Gasteiger partial charge in [0.05, 0.1) is 16.9 Å². The van der Waals surface area contributed by atoms with Crippen molar-refractivity contribution < 1.29 is 4.79 Å². The molecule has 88 valence electrons. The molecule has 1 aromatic rings. The van der Waals surface area contributed by atoms with Crippen LogP contribution in [0.1, 0.15) is 26.7 Å². The maximum atomic E-state index is 11.6. The van der Waals surface area contributed by atoms with E-state index in [-0.39, 0.29) is 11.4 Å². The highest BCUT2D eigenvalue weighted by molar-refractivity contribution is 6.33. The van der Waals surface area contributed by atoms with E-state index in [1.165, 1.54) is 6.20 Å². The molecule has 3 N–H and O–H groups in total. The number of amides is 1. The summed E-state index contributed by atoms with van der Waals surface area (Å²) in [6.07, 6.45) is 4.08. The van der Waals surface area contributed by atoms with E-state index in [1.807, 2.05) is 13.8 Å². The van der Waals surface area contributed by atoms with Gasteiger partial charge in [0.1, 0.15) is 0 Å². The van der Waals surface area contributed by atoms with Crippen LogP contribution in [-0.4, -0.2) is 16.4 Å². The highest BCUT2D eigenvalue weighted by Gasteiger charge is 2.13. The molecule has 0 fully saturated rings. The third-order valence-electron chi connectivity index (χ3n) is 2.04. The molecule has 4 nitrogen and oxygen atoms in total. The summed E-state index contributed by atoms with van der Waals surface area (Å²) in [7, 11) is 0. The molecule has 0 aliphatic carbocycles. The minimum absolute atomic E-state index is 0.103. The summed E-state index contributed by atoms with van der Waals surface area (Å²) in [5.41, 5.74) is 5.98. The van der Waals surface area contributed by atoms with E-state index in [0.717, 1.165) is 0 Å². The Labute approximate surface area is 100 Å². The van der Waals surface area contributed by atoms with Crippen molar-refractivity contribution in [3.8, 4) is 0 Å². The highest BCUT2D eigenvalue weighted by atomic mass is 35.5. The molecular weight excluding hydrogens is 226 g/mol. The van der Waals surface area contributed by atoms with E-state index < -0.39 is 0 Å². The molecule has 0 aliphatic rings. The van der Waals surface area contributed by atoms with Crippen LogP contribution < -0.4 is 11.1 Å². The molecule has 0 atom stereocenters. The fraction of sp³-hybridized carbons (Fsp3) is 0.455.